The minimum Gasteiger partial charge on any atom is -0.443 e. The van der Waals surface area contributed by atoms with Crippen molar-refractivity contribution in [3.8, 4) is 0 Å². The molecule has 2 aromatic rings. The summed E-state index contributed by atoms with van der Waals surface area (Å²) in [5.41, 5.74) is 1.32. The maximum Gasteiger partial charge on any atom is 0.414 e. The fourth-order valence-electron chi connectivity index (χ4n) is 4.39. The lowest BCUT2D eigenvalue weighted by Crippen LogP contribution is -2.47. The van der Waals surface area contributed by atoms with Crippen LogP contribution < -0.4 is 15.1 Å². The molecule has 0 bridgehead atoms. The average Bonchev–Trinajstić information content (AvgIpc) is 3.52. The van der Waals surface area contributed by atoms with Crippen molar-refractivity contribution in [1.82, 2.24) is 15.1 Å². The van der Waals surface area contributed by atoms with E-state index in [9.17, 15) is 24.0 Å². The number of nitrogens with zero attached hydrogens (tertiary/aromatic N) is 4. The molecule has 1 aromatic heterocycles. The molecule has 5 amide bonds. The van der Waals surface area contributed by atoms with Crippen LogP contribution in [0.3, 0.4) is 0 Å². The van der Waals surface area contributed by atoms with Gasteiger partial charge in [-0.15, -0.1) is 28.3 Å². The van der Waals surface area contributed by atoms with Gasteiger partial charge in [0.2, 0.25) is 11.8 Å². The molecule has 4 rings (SSSR count). The zero-order valence-corrected chi connectivity index (χ0v) is 25.8. The molecule has 2 saturated heterocycles. The lowest BCUT2D eigenvalue weighted by Gasteiger charge is -2.27. The SMILES string of the molecule is Br.CNCCC(=O)N(C(=O)CN(C)C[C@H]1CN(c2ccc(N3CCOCC3=O)cc2)C(=O)O1)C(=O)c1ccc(Cl)s1. The van der Waals surface area contributed by atoms with Crippen LogP contribution in [0.2, 0.25) is 4.34 Å². The number of ether oxygens (including phenoxy) is 2. The van der Waals surface area contributed by atoms with Gasteiger partial charge in [-0.2, -0.15) is 0 Å². The number of hydrogen-bond acceptors (Lipinski definition) is 10. The van der Waals surface area contributed by atoms with Gasteiger partial charge in [0.1, 0.15) is 12.7 Å². The molecule has 1 aromatic carbocycles. The zero-order chi connectivity index (χ0) is 28.8. The Bertz CT molecular complexity index is 1280. The fraction of sp³-hybridized carbons (Fsp3) is 0.423. The molecule has 1 atom stereocenters. The first-order valence-corrected chi connectivity index (χ1v) is 13.8. The first-order valence-electron chi connectivity index (χ1n) is 12.6. The van der Waals surface area contributed by atoms with Crippen LogP contribution in [0.4, 0.5) is 16.2 Å². The summed E-state index contributed by atoms with van der Waals surface area (Å²) in [7, 11) is 3.31. The molecular formula is C26H31BrClN5O7S. The van der Waals surface area contributed by atoms with E-state index >= 15 is 0 Å². The lowest BCUT2D eigenvalue weighted by molar-refractivity contribution is -0.141. The third-order valence-corrected chi connectivity index (χ3v) is 7.55. The van der Waals surface area contributed by atoms with Gasteiger partial charge in [0.25, 0.3) is 11.8 Å². The summed E-state index contributed by atoms with van der Waals surface area (Å²) in [5, 5.41) is 2.83. The third-order valence-electron chi connectivity index (χ3n) is 6.33. The largest absolute Gasteiger partial charge is 0.443 e. The highest BCUT2D eigenvalue weighted by Crippen LogP contribution is 2.26. The highest BCUT2D eigenvalue weighted by Gasteiger charge is 2.35. The van der Waals surface area contributed by atoms with Crippen molar-refractivity contribution in [3.05, 3.63) is 45.6 Å². The molecule has 0 spiro atoms. The van der Waals surface area contributed by atoms with Crippen LogP contribution in [-0.2, 0) is 23.9 Å². The molecule has 0 radical (unpaired) electrons. The lowest BCUT2D eigenvalue weighted by atomic mass is 10.2. The highest BCUT2D eigenvalue weighted by molar-refractivity contribution is 8.93. The Morgan fingerprint density at radius 3 is 2.37 bits per heavy atom. The number of likely N-dealkylation sites (N-methyl/N-ethyl adjacent to an activating group) is 1. The maximum atomic E-state index is 13.1. The van der Waals surface area contributed by atoms with Crippen LogP contribution >= 0.6 is 39.9 Å². The molecule has 1 N–H and O–H groups in total. The molecule has 12 nitrogen and oxygen atoms in total. The first kappa shape index (κ1) is 32.6. The van der Waals surface area contributed by atoms with Crippen molar-refractivity contribution >= 4 is 81.0 Å². The van der Waals surface area contributed by atoms with E-state index in [2.05, 4.69) is 5.32 Å². The minimum absolute atomic E-state index is 0. The number of thiophene rings is 1. The van der Waals surface area contributed by atoms with Gasteiger partial charge in [0, 0.05) is 37.4 Å². The summed E-state index contributed by atoms with van der Waals surface area (Å²) in [6.07, 6.45) is -1.12. The van der Waals surface area contributed by atoms with E-state index in [1.165, 1.54) is 17.0 Å². The molecule has 0 unspecified atom stereocenters. The second kappa shape index (κ2) is 14.8. The van der Waals surface area contributed by atoms with E-state index in [0.717, 1.165) is 11.3 Å². The number of benzene rings is 1. The summed E-state index contributed by atoms with van der Waals surface area (Å²) in [4.78, 5) is 69.1. The van der Waals surface area contributed by atoms with Gasteiger partial charge in [-0.1, -0.05) is 11.6 Å². The maximum absolute atomic E-state index is 13.1. The number of amides is 5. The van der Waals surface area contributed by atoms with Crippen LogP contribution in [0.25, 0.3) is 0 Å². The van der Waals surface area contributed by atoms with Gasteiger partial charge in [-0.25, -0.2) is 9.69 Å². The highest BCUT2D eigenvalue weighted by atomic mass is 79.9. The quantitative estimate of drug-likeness (QED) is 0.405. The Morgan fingerprint density at radius 2 is 1.76 bits per heavy atom. The van der Waals surface area contributed by atoms with E-state index < -0.39 is 29.9 Å². The molecule has 2 fully saturated rings. The zero-order valence-electron chi connectivity index (χ0n) is 22.5. The van der Waals surface area contributed by atoms with E-state index in [4.69, 9.17) is 21.1 Å². The predicted octanol–water partition coefficient (Wildman–Crippen LogP) is 2.40. The van der Waals surface area contributed by atoms with E-state index in [-0.39, 0.29) is 60.4 Å². The van der Waals surface area contributed by atoms with Crippen LogP contribution in [0.1, 0.15) is 16.1 Å². The van der Waals surface area contributed by atoms with Crippen molar-refractivity contribution in [2.45, 2.75) is 12.5 Å². The Balaban J connectivity index is 0.00000462. The first-order chi connectivity index (χ1) is 19.2. The van der Waals surface area contributed by atoms with Gasteiger partial charge in [-0.05, 0) is 50.5 Å². The summed E-state index contributed by atoms with van der Waals surface area (Å²) in [6, 6.07) is 10.0. The predicted molar refractivity (Wildman–Crippen MR) is 159 cm³/mol. The molecule has 15 heteroatoms. The Labute approximate surface area is 256 Å². The number of carbonyl (C=O) groups is 5. The number of carbonyl (C=O) groups excluding carboxylic acids is 5. The summed E-state index contributed by atoms with van der Waals surface area (Å²) in [5.74, 6) is -2.16. The molecule has 0 aliphatic carbocycles. The number of cyclic esters (lactones) is 1. The average molecular weight is 673 g/mol. The van der Waals surface area contributed by atoms with E-state index in [1.54, 1.807) is 48.2 Å². The smallest absolute Gasteiger partial charge is 0.414 e. The molecule has 2 aliphatic heterocycles. The topological polar surface area (TPSA) is 129 Å². The number of anilines is 2. The number of halogens is 2. The summed E-state index contributed by atoms with van der Waals surface area (Å²) in [6.45, 7) is 1.46. The molecule has 2 aliphatic rings. The van der Waals surface area contributed by atoms with Crippen molar-refractivity contribution in [2.24, 2.45) is 0 Å². The van der Waals surface area contributed by atoms with E-state index in [0.29, 0.717) is 40.3 Å². The number of rotatable bonds is 10. The molecule has 222 valence electrons. The third kappa shape index (κ3) is 8.11. The van der Waals surface area contributed by atoms with Gasteiger partial charge in [0.15, 0.2) is 0 Å². The summed E-state index contributed by atoms with van der Waals surface area (Å²) >= 11 is 6.93. The van der Waals surface area contributed by atoms with Gasteiger partial charge < -0.3 is 19.7 Å². The molecule has 3 heterocycles. The molecule has 41 heavy (non-hydrogen) atoms. The van der Waals surface area contributed by atoms with Crippen LogP contribution in [0.15, 0.2) is 36.4 Å². The second-order valence-corrected chi connectivity index (χ2v) is 11.0. The van der Waals surface area contributed by atoms with Crippen LogP contribution in [0.5, 0.6) is 0 Å². The minimum atomic E-state index is -0.725. The van der Waals surface area contributed by atoms with Crippen LogP contribution in [0, 0.1) is 0 Å². The Kier molecular flexibility index (Phi) is 11.8. The van der Waals surface area contributed by atoms with Gasteiger partial charge in [0.05, 0.1) is 28.9 Å². The van der Waals surface area contributed by atoms with Crippen LogP contribution in [-0.4, -0.2) is 106 Å². The molecular weight excluding hydrogens is 642 g/mol. The van der Waals surface area contributed by atoms with Crippen molar-refractivity contribution in [2.75, 3.05) is 69.8 Å². The fourth-order valence-corrected chi connectivity index (χ4v) is 5.37. The normalized spacial score (nSPS) is 16.9. The number of morpholine rings is 1. The standard InChI is InChI=1S/C26H30ClN5O7S.BrH/c1-28-10-9-22(33)32(25(36)20-7-8-21(27)40-20)23(34)15-29(2)13-19-14-31(26(37)39-19)18-5-3-17(4-6-18)30-11-12-38-16-24(30)35;/h3-8,19,28H,9-16H2,1-2H3;1H/t19-;/m0./s1. The second-order valence-electron chi connectivity index (χ2n) is 9.31. The number of nitrogens with one attached hydrogen (secondary N) is 1. The number of imide groups is 3. The Morgan fingerprint density at radius 1 is 1.07 bits per heavy atom. The summed E-state index contributed by atoms with van der Waals surface area (Å²) < 4.78 is 11.0. The number of hydrogen-bond donors (Lipinski definition) is 1. The Hall–Kier alpha value is -2.88. The van der Waals surface area contributed by atoms with Gasteiger partial charge in [-0.3, -0.25) is 29.0 Å². The van der Waals surface area contributed by atoms with Gasteiger partial charge >= 0.3 is 6.09 Å². The van der Waals surface area contributed by atoms with Crippen molar-refractivity contribution < 1.29 is 33.4 Å². The molecule has 0 saturated carbocycles. The monoisotopic (exact) mass is 671 g/mol. The van der Waals surface area contributed by atoms with Crippen molar-refractivity contribution in [1.29, 1.82) is 0 Å². The van der Waals surface area contributed by atoms with E-state index in [1.807, 2.05) is 0 Å². The van der Waals surface area contributed by atoms with Crippen molar-refractivity contribution in [3.63, 3.8) is 0 Å².